The molecule has 2 heterocycles. The number of pyridine rings is 1. The van der Waals surface area contributed by atoms with E-state index in [9.17, 15) is 9.18 Å². The minimum atomic E-state index is -0.711. The number of amidine groups is 1. The highest BCUT2D eigenvalue weighted by Gasteiger charge is 2.32. The van der Waals surface area contributed by atoms with Crippen LogP contribution < -0.4 is 5.73 Å². The zero-order valence-electron chi connectivity index (χ0n) is 13.6. The van der Waals surface area contributed by atoms with Crippen LogP contribution in [0.2, 0.25) is 5.02 Å². The number of carbonyl (C=O) groups excluding carboxylic acids is 1. The van der Waals surface area contributed by atoms with Gasteiger partial charge in [0.25, 0.3) is 0 Å². The summed E-state index contributed by atoms with van der Waals surface area (Å²) in [6.45, 7) is 1.87. The quantitative estimate of drug-likeness (QED) is 0.818. The maximum atomic E-state index is 14.4. The lowest BCUT2D eigenvalue weighted by Gasteiger charge is -2.30. The molecule has 0 radical (unpaired) electrons. The average Bonchev–Trinajstić information content (AvgIpc) is 2.57. The molecule has 1 aliphatic heterocycles. The molecule has 1 aromatic heterocycles. The highest BCUT2D eigenvalue weighted by molar-refractivity contribution is 8.13. The Hall–Kier alpha value is -1.92. The molecule has 0 spiro atoms. The molecule has 3 rings (SSSR count). The standard InChI is InChI=1S/C18H17ClFN3OS/c1-18(6-7-25-17(21)23-18)13-8-11(2-4-14(13)20)9-16(24)15-5-3-12(19)10-22-15/h2-5,8,10H,6-7,9H2,1H3,(H2,21,23). The molecule has 25 heavy (non-hydrogen) atoms. The van der Waals surface area contributed by atoms with E-state index in [0.29, 0.717) is 33.4 Å². The first-order chi connectivity index (χ1) is 11.9. The van der Waals surface area contributed by atoms with Crippen LogP contribution in [0.4, 0.5) is 4.39 Å². The molecule has 0 saturated carbocycles. The van der Waals surface area contributed by atoms with Gasteiger partial charge in [0.15, 0.2) is 11.0 Å². The Balaban J connectivity index is 1.88. The molecule has 1 aliphatic rings. The van der Waals surface area contributed by atoms with E-state index in [1.54, 1.807) is 24.3 Å². The number of thioether (sulfide) groups is 1. The number of Topliss-reactive ketones (excluding diaryl/α,β-unsaturated/α-hetero) is 1. The lowest BCUT2D eigenvalue weighted by atomic mass is 9.87. The smallest absolute Gasteiger partial charge is 0.185 e. The van der Waals surface area contributed by atoms with Gasteiger partial charge in [-0.3, -0.25) is 14.8 Å². The second kappa shape index (κ2) is 7.14. The SMILES string of the molecule is CC1(c2cc(CC(=O)c3ccc(Cl)cn3)ccc2F)CCSC(N)=N1. The summed E-state index contributed by atoms with van der Waals surface area (Å²) in [4.78, 5) is 20.8. The number of halogens is 2. The maximum Gasteiger partial charge on any atom is 0.185 e. The van der Waals surface area contributed by atoms with Crippen LogP contribution >= 0.6 is 23.4 Å². The van der Waals surface area contributed by atoms with Crippen molar-refractivity contribution in [3.63, 3.8) is 0 Å². The Kier molecular flexibility index (Phi) is 5.11. The molecule has 0 amide bonds. The Morgan fingerprint density at radius 3 is 2.88 bits per heavy atom. The van der Waals surface area contributed by atoms with Crippen LogP contribution in [0.5, 0.6) is 0 Å². The van der Waals surface area contributed by atoms with E-state index in [0.717, 1.165) is 5.75 Å². The minimum absolute atomic E-state index is 0.131. The lowest BCUT2D eigenvalue weighted by molar-refractivity contribution is 0.0988. The fourth-order valence-electron chi connectivity index (χ4n) is 2.79. The third-order valence-corrected chi connectivity index (χ3v) is 5.20. The van der Waals surface area contributed by atoms with Gasteiger partial charge in [-0.25, -0.2) is 4.39 Å². The van der Waals surface area contributed by atoms with Crippen LogP contribution in [0.3, 0.4) is 0 Å². The summed E-state index contributed by atoms with van der Waals surface area (Å²) in [7, 11) is 0. The van der Waals surface area contributed by atoms with Gasteiger partial charge >= 0.3 is 0 Å². The van der Waals surface area contributed by atoms with E-state index in [1.165, 1.54) is 24.0 Å². The first-order valence-corrected chi connectivity index (χ1v) is 9.15. The van der Waals surface area contributed by atoms with Gasteiger partial charge in [0, 0.05) is 23.9 Å². The van der Waals surface area contributed by atoms with Gasteiger partial charge in [-0.05, 0) is 43.2 Å². The van der Waals surface area contributed by atoms with Crippen molar-refractivity contribution >= 4 is 34.3 Å². The van der Waals surface area contributed by atoms with Crippen molar-refractivity contribution < 1.29 is 9.18 Å². The highest BCUT2D eigenvalue weighted by Crippen LogP contribution is 2.36. The van der Waals surface area contributed by atoms with Gasteiger partial charge in [-0.2, -0.15) is 0 Å². The second-order valence-electron chi connectivity index (χ2n) is 6.10. The lowest BCUT2D eigenvalue weighted by Crippen LogP contribution is -2.29. The maximum absolute atomic E-state index is 14.4. The topological polar surface area (TPSA) is 68.3 Å². The monoisotopic (exact) mass is 377 g/mol. The molecular weight excluding hydrogens is 361 g/mol. The van der Waals surface area contributed by atoms with Crippen molar-refractivity contribution in [3.8, 4) is 0 Å². The summed E-state index contributed by atoms with van der Waals surface area (Å²) < 4.78 is 14.4. The van der Waals surface area contributed by atoms with E-state index in [4.69, 9.17) is 17.3 Å². The Morgan fingerprint density at radius 1 is 1.40 bits per heavy atom. The zero-order valence-corrected chi connectivity index (χ0v) is 15.2. The summed E-state index contributed by atoms with van der Waals surface area (Å²) in [5, 5.41) is 0.930. The zero-order chi connectivity index (χ0) is 18.0. The van der Waals surface area contributed by atoms with Gasteiger partial charge in [0.1, 0.15) is 11.5 Å². The van der Waals surface area contributed by atoms with Crippen LogP contribution in [0.1, 0.15) is 35.0 Å². The van der Waals surface area contributed by atoms with Crippen LogP contribution in [0.15, 0.2) is 41.5 Å². The number of carbonyl (C=O) groups is 1. The highest BCUT2D eigenvalue weighted by atomic mass is 35.5. The molecule has 2 aromatic rings. The van der Waals surface area contributed by atoms with Gasteiger partial charge in [-0.15, -0.1) is 0 Å². The molecular formula is C18H17ClFN3OS. The number of nitrogens with two attached hydrogens (primary N) is 1. The van der Waals surface area contributed by atoms with E-state index < -0.39 is 5.54 Å². The summed E-state index contributed by atoms with van der Waals surface area (Å²) >= 11 is 7.25. The van der Waals surface area contributed by atoms with Crippen molar-refractivity contribution in [3.05, 3.63) is 64.2 Å². The first kappa shape index (κ1) is 17.9. The minimum Gasteiger partial charge on any atom is -0.379 e. The molecule has 7 heteroatoms. The van der Waals surface area contributed by atoms with Gasteiger partial charge in [0.05, 0.1) is 10.6 Å². The number of aromatic nitrogens is 1. The van der Waals surface area contributed by atoms with Crippen molar-refractivity contribution in [2.75, 3.05) is 5.75 Å². The van der Waals surface area contributed by atoms with Gasteiger partial charge in [-0.1, -0.05) is 29.4 Å². The van der Waals surface area contributed by atoms with E-state index in [1.807, 2.05) is 6.92 Å². The molecule has 0 fully saturated rings. The Labute approximate surface area is 154 Å². The summed E-state index contributed by atoms with van der Waals surface area (Å²) in [5.41, 5.74) is 6.62. The molecule has 2 N–H and O–H groups in total. The summed E-state index contributed by atoms with van der Waals surface area (Å²) in [6.07, 6.45) is 2.25. The average molecular weight is 378 g/mol. The predicted molar refractivity (Wildman–Crippen MR) is 99.7 cm³/mol. The molecule has 1 atom stereocenters. The molecule has 4 nitrogen and oxygen atoms in total. The van der Waals surface area contributed by atoms with Crippen LogP contribution in [0, 0.1) is 5.82 Å². The third kappa shape index (κ3) is 4.02. The number of aliphatic imine (C=N–C) groups is 1. The molecule has 0 bridgehead atoms. The van der Waals surface area contributed by atoms with Crippen molar-refractivity contribution in [2.45, 2.75) is 25.3 Å². The Morgan fingerprint density at radius 2 is 2.20 bits per heavy atom. The molecule has 130 valence electrons. The number of rotatable bonds is 4. The van der Waals surface area contributed by atoms with Crippen molar-refractivity contribution in [1.82, 2.24) is 4.98 Å². The number of benzene rings is 1. The van der Waals surface area contributed by atoms with Gasteiger partial charge < -0.3 is 5.73 Å². The van der Waals surface area contributed by atoms with Crippen LogP contribution in [-0.4, -0.2) is 21.7 Å². The van der Waals surface area contributed by atoms with E-state index >= 15 is 0 Å². The molecule has 0 saturated heterocycles. The van der Waals surface area contributed by atoms with Crippen molar-refractivity contribution in [1.29, 1.82) is 0 Å². The molecule has 1 unspecified atom stereocenters. The fourth-order valence-corrected chi connectivity index (χ4v) is 3.88. The third-order valence-electron chi connectivity index (χ3n) is 4.18. The number of ketones is 1. The normalized spacial score (nSPS) is 20.2. The van der Waals surface area contributed by atoms with E-state index in [2.05, 4.69) is 9.98 Å². The fraction of sp³-hybridized carbons (Fsp3) is 0.278. The molecule has 1 aromatic carbocycles. The summed E-state index contributed by atoms with van der Waals surface area (Å²) in [6, 6.07) is 7.90. The first-order valence-electron chi connectivity index (χ1n) is 7.79. The number of hydrogen-bond donors (Lipinski definition) is 1. The summed E-state index contributed by atoms with van der Waals surface area (Å²) in [5.74, 6) is 0.289. The Bertz CT molecular complexity index is 841. The van der Waals surface area contributed by atoms with Crippen LogP contribution in [-0.2, 0) is 12.0 Å². The van der Waals surface area contributed by atoms with E-state index in [-0.39, 0.29) is 18.0 Å². The predicted octanol–water partition coefficient (Wildman–Crippen LogP) is 3.97. The van der Waals surface area contributed by atoms with Crippen molar-refractivity contribution in [2.24, 2.45) is 10.7 Å². The number of nitrogens with zero attached hydrogens (tertiary/aromatic N) is 2. The largest absolute Gasteiger partial charge is 0.379 e. The van der Waals surface area contributed by atoms with Gasteiger partial charge in [0.2, 0.25) is 0 Å². The van der Waals surface area contributed by atoms with Crippen LogP contribution in [0.25, 0.3) is 0 Å². The number of hydrogen-bond acceptors (Lipinski definition) is 5. The molecule has 0 aliphatic carbocycles. The second-order valence-corrected chi connectivity index (χ2v) is 7.65.